The lowest BCUT2D eigenvalue weighted by atomic mass is 9.77. The van der Waals surface area contributed by atoms with E-state index in [1.165, 1.54) is 12.6 Å². The molecule has 1 fully saturated rings. The van der Waals surface area contributed by atoms with Gasteiger partial charge in [0.15, 0.2) is 0 Å². The molecule has 1 atom stereocenters. The standard InChI is InChI=1S/C14H24N4O/c1-14(2,3)10-5-4-7-18(8-6-10)13(19)12-11(15)9-16-17-12/h9-10H,4-8,15H2,1-3H3,(H,16,17). The number of likely N-dealkylation sites (tertiary alicyclic amines) is 1. The highest BCUT2D eigenvalue weighted by molar-refractivity contribution is 5.96. The van der Waals surface area contributed by atoms with Crippen molar-refractivity contribution in [3.8, 4) is 0 Å². The zero-order valence-electron chi connectivity index (χ0n) is 12.1. The predicted octanol–water partition coefficient (Wildman–Crippen LogP) is 2.28. The molecule has 1 aliphatic rings. The SMILES string of the molecule is CC(C)(C)C1CCCN(C(=O)c2[nH]ncc2N)CC1. The number of nitrogen functional groups attached to an aromatic ring is 1. The zero-order valence-corrected chi connectivity index (χ0v) is 12.1. The normalized spacial score (nSPS) is 21.2. The van der Waals surface area contributed by atoms with Crippen molar-refractivity contribution in [3.05, 3.63) is 11.9 Å². The van der Waals surface area contributed by atoms with Crippen LogP contribution in [-0.2, 0) is 0 Å². The van der Waals surface area contributed by atoms with E-state index in [2.05, 4.69) is 31.0 Å². The maximum absolute atomic E-state index is 12.4. The van der Waals surface area contributed by atoms with E-state index >= 15 is 0 Å². The zero-order chi connectivity index (χ0) is 14.0. The second-order valence-corrected chi connectivity index (χ2v) is 6.49. The lowest BCUT2D eigenvalue weighted by Crippen LogP contribution is -2.33. The van der Waals surface area contributed by atoms with E-state index in [1.54, 1.807) is 0 Å². The molecule has 1 unspecified atom stereocenters. The Bertz CT molecular complexity index is 447. The first-order chi connectivity index (χ1) is 8.89. The number of aromatic nitrogens is 2. The van der Waals surface area contributed by atoms with Gasteiger partial charge in [-0.2, -0.15) is 5.10 Å². The van der Waals surface area contributed by atoms with Crippen molar-refractivity contribution in [2.75, 3.05) is 18.8 Å². The topological polar surface area (TPSA) is 75.0 Å². The van der Waals surface area contributed by atoms with E-state index in [4.69, 9.17) is 5.73 Å². The minimum absolute atomic E-state index is 0.0236. The highest BCUT2D eigenvalue weighted by Gasteiger charge is 2.29. The number of amides is 1. The first-order valence-corrected chi connectivity index (χ1v) is 6.97. The maximum Gasteiger partial charge on any atom is 0.274 e. The third-order valence-corrected chi connectivity index (χ3v) is 4.12. The Morgan fingerprint density at radius 3 is 2.74 bits per heavy atom. The fourth-order valence-corrected chi connectivity index (χ4v) is 2.79. The molecule has 0 aromatic carbocycles. The number of hydrogen-bond donors (Lipinski definition) is 2. The Labute approximate surface area is 114 Å². The van der Waals surface area contributed by atoms with Crippen LogP contribution in [0.1, 0.15) is 50.5 Å². The van der Waals surface area contributed by atoms with Gasteiger partial charge in [0.1, 0.15) is 5.69 Å². The Balaban J connectivity index is 2.04. The summed E-state index contributed by atoms with van der Waals surface area (Å²) in [6.07, 6.45) is 4.79. The molecule has 2 rings (SSSR count). The highest BCUT2D eigenvalue weighted by atomic mass is 16.2. The van der Waals surface area contributed by atoms with Gasteiger partial charge in [0.05, 0.1) is 11.9 Å². The predicted molar refractivity (Wildman–Crippen MR) is 75.7 cm³/mol. The average Bonchev–Trinajstić information content (AvgIpc) is 2.62. The number of rotatable bonds is 1. The second kappa shape index (κ2) is 5.23. The lowest BCUT2D eigenvalue weighted by Gasteiger charge is -2.29. The van der Waals surface area contributed by atoms with Crippen molar-refractivity contribution in [3.63, 3.8) is 0 Å². The fraction of sp³-hybridized carbons (Fsp3) is 0.714. The minimum Gasteiger partial charge on any atom is -0.396 e. The molecule has 19 heavy (non-hydrogen) atoms. The van der Waals surface area contributed by atoms with E-state index in [-0.39, 0.29) is 5.91 Å². The van der Waals surface area contributed by atoms with Gasteiger partial charge in [-0.3, -0.25) is 9.89 Å². The first-order valence-electron chi connectivity index (χ1n) is 6.97. The molecule has 0 radical (unpaired) electrons. The van der Waals surface area contributed by atoms with Crippen LogP contribution in [0.5, 0.6) is 0 Å². The summed E-state index contributed by atoms with van der Waals surface area (Å²) >= 11 is 0. The van der Waals surface area contributed by atoms with Gasteiger partial charge >= 0.3 is 0 Å². The van der Waals surface area contributed by atoms with Crippen LogP contribution < -0.4 is 5.73 Å². The van der Waals surface area contributed by atoms with Gasteiger partial charge in [-0.05, 0) is 30.6 Å². The summed E-state index contributed by atoms with van der Waals surface area (Å²) < 4.78 is 0. The van der Waals surface area contributed by atoms with E-state index in [0.717, 1.165) is 25.9 Å². The number of nitrogens with zero attached hydrogens (tertiary/aromatic N) is 2. The van der Waals surface area contributed by atoms with E-state index in [1.807, 2.05) is 4.90 Å². The fourth-order valence-electron chi connectivity index (χ4n) is 2.79. The third-order valence-electron chi connectivity index (χ3n) is 4.12. The Kier molecular flexibility index (Phi) is 3.83. The Morgan fingerprint density at radius 1 is 1.42 bits per heavy atom. The quantitative estimate of drug-likeness (QED) is 0.817. The van der Waals surface area contributed by atoms with Crippen LogP contribution in [0.4, 0.5) is 5.69 Å². The van der Waals surface area contributed by atoms with E-state index < -0.39 is 0 Å². The van der Waals surface area contributed by atoms with Crippen LogP contribution in [0.15, 0.2) is 6.20 Å². The van der Waals surface area contributed by atoms with E-state index in [0.29, 0.717) is 22.7 Å². The molecule has 1 aromatic heterocycles. The van der Waals surface area contributed by atoms with Crippen molar-refractivity contribution >= 4 is 11.6 Å². The number of aromatic amines is 1. The molecule has 0 bridgehead atoms. The van der Waals surface area contributed by atoms with Crippen LogP contribution in [-0.4, -0.2) is 34.1 Å². The van der Waals surface area contributed by atoms with Gasteiger partial charge in [-0.1, -0.05) is 20.8 Å². The van der Waals surface area contributed by atoms with E-state index in [9.17, 15) is 4.79 Å². The van der Waals surface area contributed by atoms with Gasteiger partial charge in [-0.25, -0.2) is 0 Å². The molecule has 0 saturated carbocycles. The minimum atomic E-state index is -0.0236. The summed E-state index contributed by atoms with van der Waals surface area (Å²) in [5.74, 6) is 0.647. The smallest absolute Gasteiger partial charge is 0.274 e. The maximum atomic E-state index is 12.4. The summed E-state index contributed by atoms with van der Waals surface area (Å²) in [5, 5.41) is 6.52. The number of carbonyl (C=O) groups is 1. The molecule has 0 aliphatic carbocycles. The largest absolute Gasteiger partial charge is 0.396 e. The molecule has 5 heteroatoms. The number of anilines is 1. The molecule has 3 N–H and O–H groups in total. The summed E-state index contributed by atoms with van der Waals surface area (Å²) in [7, 11) is 0. The lowest BCUT2D eigenvalue weighted by molar-refractivity contribution is 0.0751. The van der Waals surface area contributed by atoms with Crippen molar-refractivity contribution < 1.29 is 4.79 Å². The van der Waals surface area contributed by atoms with Crippen molar-refractivity contribution in [2.45, 2.75) is 40.0 Å². The van der Waals surface area contributed by atoms with Crippen molar-refractivity contribution in [1.82, 2.24) is 15.1 Å². The van der Waals surface area contributed by atoms with Crippen LogP contribution in [0.3, 0.4) is 0 Å². The first kappa shape index (κ1) is 13.9. The van der Waals surface area contributed by atoms with Crippen LogP contribution >= 0.6 is 0 Å². The van der Waals surface area contributed by atoms with Crippen LogP contribution in [0.2, 0.25) is 0 Å². The summed E-state index contributed by atoms with van der Waals surface area (Å²) in [5.41, 5.74) is 6.91. The number of hydrogen-bond acceptors (Lipinski definition) is 3. The summed E-state index contributed by atoms with van der Waals surface area (Å²) in [6.45, 7) is 8.45. The molecule has 1 aliphatic heterocycles. The molecule has 0 spiro atoms. The summed E-state index contributed by atoms with van der Waals surface area (Å²) in [4.78, 5) is 14.3. The molecule has 1 aromatic rings. The van der Waals surface area contributed by atoms with Gasteiger partial charge in [-0.15, -0.1) is 0 Å². The van der Waals surface area contributed by atoms with Crippen LogP contribution in [0.25, 0.3) is 0 Å². The molecule has 2 heterocycles. The third kappa shape index (κ3) is 3.08. The monoisotopic (exact) mass is 264 g/mol. The summed E-state index contributed by atoms with van der Waals surface area (Å²) in [6, 6.07) is 0. The molecular formula is C14H24N4O. The number of carbonyl (C=O) groups excluding carboxylic acids is 1. The Morgan fingerprint density at radius 2 is 2.16 bits per heavy atom. The van der Waals surface area contributed by atoms with Gasteiger partial charge < -0.3 is 10.6 Å². The molecule has 5 nitrogen and oxygen atoms in total. The highest BCUT2D eigenvalue weighted by Crippen LogP contribution is 2.34. The number of nitrogens with one attached hydrogen (secondary N) is 1. The van der Waals surface area contributed by atoms with Gasteiger partial charge in [0.25, 0.3) is 5.91 Å². The number of nitrogens with two attached hydrogens (primary N) is 1. The molecule has 1 amide bonds. The second-order valence-electron chi connectivity index (χ2n) is 6.49. The van der Waals surface area contributed by atoms with Crippen molar-refractivity contribution in [1.29, 1.82) is 0 Å². The van der Waals surface area contributed by atoms with Crippen molar-refractivity contribution in [2.24, 2.45) is 11.3 Å². The number of H-pyrrole nitrogens is 1. The van der Waals surface area contributed by atoms with Gasteiger partial charge in [0.2, 0.25) is 0 Å². The molecule has 106 valence electrons. The average molecular weight is 264 g/mol. The van der Waals surface area contributed by atoms with Gasteiger partial charge in [0, 0.05) is 13.1 Å². The molecular weight excluding hydrogens is 240 g/mol. The van der Waals surface area contributed by atoms with Crippen LogP contribution in [0, 0.1) is 11.3 Å². The Hall–Kier alpha value is -1.52. The molecule has 1 saturated heterocycles.